The molecule has 3 heterocycles. The van der Waals surface area contributed by atoms with Crippen molar-refractivity contribution in [2.75, 3.05) is 19.5 Å². The molecule has 3 aromatic heterocycles. The normalized spacial score (nSPS) is 10.9. The number of fused-ring (bicyclic) bond motifs is 2. The Morgan fingerprint density at radius 1 is 0.684 bits per heavy atom. The number of nitrogens with one attached hydrogen (secondary N) is 1. The number of anilines is 2. The minimum atomic E-state index is 0.614. The van der Waals surface area contributed by atoms with E-state index in [9.17, 15) is 0 Å². The highest BCUT2D eigenvalue weighted by atomic mass is 16.5. The monoisotopic (exact) mass is 501 g/mol. The molecule has 0 aliphatic carbocycles. The van der Waals surface area contributed by atoms with Gasteiger partial charge in [-0.3, -0.25) is 4.98 Å². The third-order valence-electron chi connectivity index (χ3n) is 6.13. The largest absolute Gasteiger partial charge is 0.497 e. The van der Waals surface area contributed by atoms with Gasteiger partial charge in [-0.25, -0.2) is 4.98 Å². The van der Waals surface area contributed by atoms with Crippen LogP contribution in [0.1, 0.15) is 0 Å². The van der Waals surface area contributed by atoms with E-state index in [0.717, 1.165) is 33.5 Å². The van der Waals surface area contributed by atoms with Crippen LogP contribution in [0.3, 0.4) is 0 Å². The molecular weight excluding hydrogens is 478 g/mol. The van der Waals surface area contributed by atoms with E-state index in [1.165, 1.54) is 0 Å². The second kappa shape index (κ2) is 10.0. The molecule has 0 fully saturated rings. The van der Waals surface area contributed by atoms with Gasteiger partial charge >= 0.3 is 0 Å². The summed E-state index contributed by atoms with van der Waals surface area (Å²) < 4.78 is 16.7. The van der Waals surface area contributed by atoms with Crippen LogP contribution in [0.5, 0.6) is 23.0 Å². The first-order chi connectivity index (χ1) is 18.7. The van der Waals surface area contributed by atoms with Gasteiger partial charge in [0, 0.05) is 40.4 Å². The van der Waals surface area contributed by atoms with Crippen LogP contribution >= 0.6 is 0 Å². The molecular formula is C30H23N5O3. The Balaban J connectivity index is 1.26. The minimum Gasteiger partial charge on any atom is -0.497 e. The van der Waals surface area contributed by atoms with Crippen LogP contribution in [-0.2, 0) is 0 Å². The van der Waals surface area contributed by atoms with Crippen molar-refractivity contribution in [1.82, 2.24) is 20.2 Å². The summed E-state index contributed by atoms with van der Waals surface area (Å²) in [6.07, 6.45) is 3.34. The molecule has 8 nitrogen and oxygen atoms in total. The molecule has 0 saturated carbocycles. The number of hydrogen-bond donors (Lipinski definition) is 1. The lowest BCUT2D eigenvalue weighted by Gasteiger charge is -2.12. The van der Waals surface area contributed by atoms with Crippen LogP contribution in [0.15, 0.2) is 97.3 Å². The van der Waals surface area contributed by atoms with Gasteiger partial charge in [0.05, 0.1) is 25.9 Å². The number of benzene rings is 3. The number of rotatable bonds is 7. The molecule has 8 heteroatoms. The van der Waals surface area contributed by atoms with Gasteiger partial charge in [0.25, 0.3) is 0 Å². The van der Waals surface area contributed by atoms with E-state index in [1.54, 1.807) is 32.7 Å². The topological polar surface area (TPSA) is 91.3 Å². The van der Waals surface area contributed by atoms with Gasteiger partial charge < -0.3 is 19.5 Å². The third kappa shape index (κ3) is 4.51. The quantitative estimate of drug-likeness (QED) is 0.256. The number of methoxy groups -OCH3 is 2. The Bertz CT molecular complexity index is 1760. The SMILES string of the molecule is COc1cccc(-c2nnc(Nc3ccc(Oc4ccnc5cc(OC)cnc45)cc3)c3ccccc23)c1. The van der Waals surface area contributed by atoms with E-state index in [-0.39, 0.29) is 0 Å². The van der Waals surface area contributed by atoms with Crippen LogP contribution in [0.2, 0.25) is 0 Å². The van der Waals surface area contributed by atoms with Crippen LogP contribution in [0.4, 0.5) is 11.5 Å². The zero-order valence-corrected chi connectivity index (χ0v) is 20.8. The summed E-state index contributed by atoms with van der Waals surface area (Å²) in [5, 5.41) is 14.4. The molecule has 0 aliphatic heterocycles. The summed E-state index contributed by atoms with van der Waals surface area (Å²) in [4.78, 5) is 8.80. The van der Waals surface area contributed by atoms with Crippen molar-refractivity contribution >= 4 is 33.3 Å². The Kier molecular flexibility index (Phi) is 6.11. The molecule has 0 aliphatic rings. The van der Waals surface area contributed by atoms with Crippen molar-refractivity contribution in [3.05, 3.63) is 97.3 Å². The second-order valence-electron chi connectivity index (χ2n) is 8.48. The lowest BCUT2D eigenvalue weighted by Crippen LogP contribution is -1.99. The molecule has 6 aromatic rings. The number of hydrogen-bond acceptors (Lipinski definition) is 8. The molecule has 38 heavy (non-hydrogen) atoms. The van der Waals surface area contributed by atoms with E-state index in [0.29, 0.717) is 34.1 Å². The smallest absolute Gasteiger partial charge is 0.161 e. The predicted molar refractivity (Wildman–Crippen MR) is 147 cm³/mol. The molecule has 0 spiro atoms. The van der Waals surface area contributed by atoms with Gasteiger partial charge in [-0.05, 0) is 36.4 Å². The molecule has 0 amide bonds. The molecule has 1 N–H and O–H groups in total. The van der Waals surface area contributed by atoms with Crippen molar-refractivity contribution in [2.24, 2.45) is 0 Å². The highest BCUT2D eigenvalue weighted by molar-refractivity contribution is 6.01. The summed E-state index contributed by atoms with van der Waals surface area (Å²) >= 11 is 0. The Hall–Kier alpha value is -5.24. The maximum Gasteiger partial charge on any atom is 0.161 e. The number of ether oxygens (including phenoxy) is 3. The summed E-state index contributed by atoms with van der Waals surface area (Å²) in [6.45, 7) is 0. The van der Waals surface area contributed by atoms with E-state index in [2.05, 4.69) is 25.5 Å². The average molecular weight is 502 g/mol. The van der Waals surface area contributed by atoms with Gasteiger partial charge in [0.1, 0.15) is 28.5 Å². The summed E-state index contributed by atoms with van der Waals surface area (Å²) in [7, 11) is 3.25. The lowest BCUT2D eigenvalue weighted by atomic mass is 10.0. The highest BCUT2D eigenvalue weighted by Crippen LogP contribution is 2.33. The van der Waals surface area contributed by atoms with E-state index >= 15 is 0 Å². The molecule has 0 unspecified atom stereocenters. The van der Waals surface area contributed by atoms with Gasteiger partial charge in [-0.1, -0.05) is 36.4 Å². The highest BCUT2D eigenvalue weighted by Gasteiger charge is 2.12. The second-order valence-corrected chi connectivity index (χ2v) is 8.48. The maximum absolute atomic E-state index is 6.11. The first kappa shape index (κ1) is 23.2. The first-order valence-electron chi connectivity index (χ1n) is 12.0. The molecule has 6 rings (SSSR count). The summed E-state index contributed by atoms with van der Waals surface area (Å²) in [6, 6.07) is 27.1. The lowest BCUT2D eigenvalue weighted by molar-refractivity contribution is 0.413. The molecule has 186 valence electrons. The fourth-order valence-electron chi connectivity index (χ4n) is 4.23. The molecule has 0 bridgehead atoms. The minimum absolute atomic E-state index is 0.614. The van der Waals surface area contributed by atoms with Crippen LogP contribution < -0.4 is 19.5 Å². The zero-order valence-electron chi connectivity index (χ0n) is 20.8. The van der Waals surface area contributed by atoms with Crippen molar-refractivity contribution in [3.8, 4) is 34.3 Å². The van der Waals surface area contributed by atoms with Crippen LogP contribution in [0.25, 0.3) is 33.1 Å². The van der Waals surface area contributed by atoms with Crippen molar-refractivity contribution in [1.29, 1.82) is 0 Å². The fraction of sp³-hybridized carbons (Fsp3) is 0.0667. The van der Waals surface area contributed by atoms with E-state index in [1.807, 2.05) is 78.9 Å². The summed E-state index contributed by atoms with van der Waals surface area (Å²) in [5.74, 6) is 3.37. The van der Waals surface area contributed by atoms with Gasteiger partial charge in [0.15, 0.2) is 11.6 Å². The average Bonchev–Trinajstić information content (AvgIpc) is 2.98. The summed E-state index contributed by atoms with van der Waals surface area (Å²) in [5.41, 5.74) is 3.95. The first-order valence-corrected chi connectivity index (χ1v) is 12.0. The van der Waals surface area contributed by atoms with Crippen LogP contribution in [-0.4, -0.2) is 34.4 Å². The van der Waals surface area contributed by atoms with Crippen LogP contribution in [0, 0.1) is 0 Å². The predicted octanol–water partition coefficient (Wildman–Crippen LogP) is 6.79. The third-order valence-corrected chi connectivity index (χ3v) is 6.13. The van der Waals surface area contributed by atoms with Gasteiger partial charge in [0.2, 0.25) is 0 Å². The number of pyridine rings is 2. The van der Waals surface area contributed by atoms with E-state index in [4.69, 9.17) is 14.2 Å². The Morgan fingerprint density at radius 3 is 2.32 bits per heavy atom. The Labute approximate surface area is 218 Å². The molecule has 0 saturated heterocycles. The number of aromatic nitrogens is 4. The Morgan fingerprint density at radius 2 is 1.50 bits per heavy atom. The van der Waals surface area contributed by atoms with Gasteiger partial charge in [-0.2, -0.15) is 0 Å². The maximum atomic E-state index is 6.11. The van der Waals surface area contributed by atoms with E-state index < -0.39 is 0 Å². The number of nitrogens with zero attached hydrogens (tertiary/aromatic N) is 4. The fourth-order valence-corrected chi connectivity index (χ4v) is 4.23. The molecule has 3 aromatic carbocycles. The zero-order chi connectivity index (χ0) is 25.9. The molecule has 0 radical (unpaired) electrons. The van der Waals surface area contributed by atoms with Crippen molar-refractivity contribution in [2.45, 2.75) is 0 Å². The van der Waals surface area contributed by atoms with Crippen molar-refractivity contribution in [3.63, 3.8) is 0 Å². The van der Waals surface area contributed by atoms with Gasteiger partial charge in [-0.15, -0.1) is 10.2 Å². The standard InChI is InChI=1S/C30H23N5O3/c1-36-22-7-5-6-19(16-22)28-24-8-3-4-9-25(24)30(35-34-28)33-20-10-12-21(13-11-20)38-27-14-15-31-26-17-23(37-2)18-32-29(26)27/h3-18H,1-2H3,(H,33,35). The molecule has 0 atom stereocenters. The van der Waals surface area contributed by atoms with Crippen molar-refractivity contribution < 1.29 is 14.2 Å².